The summed E-state index contributed by atoms with van der Waals surface area (Å²) >= 11 is 2.78. The van der Waals surface area contributed by atoms with Gasteiger partial charge in [0.25, 0.3) is 5.56 Å². The summed E-state index contributed by atoms with van der Waals surface area (Å²) in [6.45, 7) is 0. The van der Waals surface area contributed by atoms with Crippen molar-refractivity contribution in [2.45, 2.75) is 6.18 Å². The predicted molar refractivity (Wildman–Crippen MR) is 98.8 cm³/mol. The number of thiophene rings is 1. The molecule has 0 saturated carbocycles. The van der Waals surface area contributed by atoms with Crippen molar-refractivity contribution in [2.75, 3.05) is 0 Å². The van der Waals surface area contributed by atoms with E-state index in [1.165, 1.54) is 28.9 Å². The molecule has 0 aliphatic carbocycles. The number of alkyl halides is 3. The monoisotopic (exact) mass is 409 g/mol. The molecule has 0 fully saturated rings. The second-order valence-corrected chi connectivity index (χ2v) is 7.35. The van der Waals surface area contributed by atoms with Crippen LogP contribution < -0.4 is 11.2 Å². The van der Waals surface area contributed by atoms with E-state index < -0.39 is 23.1 Å². The van der Waals surface area contributed by atoms with Gasteiger partial charge < -0.3 is 0 Å². The Labute approximate surface area is 157 Å². The lowest BCUT2D eigenvalue weighted by Gasteiger charge is -2.14. The third-order valence-electron chi connectivity index (χ3n) is 4.12. The summed E-state index contributed by atoms with van der Waals surface area (Å²) in [7, 11) is 0.989. The minimum Gasteiger partial charge on any atom is -0.292 e. The van der Waals surface area contributed by atoms with Crippen molar-refractivity contribution in [1.82, 2.24) is 13.5 Å². The van der Waals surface area contributed by atoms with Gasteiger partial charge in [0.05, 0.1) is 16.1 Å². The third-order valence-corrected chi connectivity index (χ3v) is 5.63. The Bertz CT molecular complexity index is 1270. The quantitative estimate of drug-likeness (QED) is 0.505. The van der Waals surface area contributed by atoms with Crippen LogP contribution in [0.1, 0.15) is 5.69 Å². The van der Waals surface area contributed by atoms with Gasteiger partial charge in [0.2, 0.25) is 0 Å². The topological polar surface area (TPSA) is 56.9 Å². The van der Waals surface area contributed by atoms with Crippen molar-refractivity contribution in [3.63, 3.8) is 0 Å². The third kappa shape index (κ3) is 2.90. The van der Waals surface area contributed by atoms with Crippen molar-refractivity contribution in [1.29, 1.82) is 0 Å². The van der Waals surface area contributed by atoms with E-state index >= 15 is 0 Å². The highest BCUT2D eigenvalue weighted by Crippen LogP contribution is 2.33. The molecule has 0 saturated heterocycles. The van der Waals surface area contributed by atoms with Crippen LogP contribution in [0, 0.1) is 0 Å². The Kier molecular flexibility index (Phi) is 4.04. The standard InChI is InChI=1S/C17H10F3N3O2S2/c1-22-13(17(18,19)20)7-14(24)23(16(22)25)10-2-3-12-11(6-10)15(21-27-12)9-4-5-26-8-9/h2-8H,1H3. The molecule has 10 heteroatoms. The molecule has 1 aromatic carbocycles. The fourth-order valence-electron chi connectivity index (χ4n) is 2.81. The molecule has 0 amide bonds. The summed E-state index contributed by atoms with van der Waals surface area (Å²) < 4.78 is 45.4. The molecule has 0 bridgehead atoms. The zero-order valence-electron chi connectivity index (χ0n) is 13.6. The molecule has 0 spiro atoms. The number of rotatable bonds is 2. The average Bonchev–Trinajstić information content (AvgIpc) is 3.26. The van der Waals surface area contributed by atoms with Gasteiger partial charge in [-0.2, -0.15) is 28.9 Å². The molecule has 0 N–H and O–H groups in total. The van der Waals surface area contributed by atoms with E-state index in [2.05, 4.69) is 4.37 Å². The maximum atomic E-state index is 13.0. The highest BCUT2D eigenvalue weighted by molar-refractivity contribution is 7.13. The number of halogens is 3. The number of hydrogen-bond donors (Lipinski definition) is 0. The first kappa shape index (κ1) is 17.7. The van der Waals surface area contributed by atoms with Crippen LogP contribution in [0.3, 0.4) is 0 Å². The second kappa shape index (κ2) is 6.17. The van der Waals surface area contributed by atoms with Crippen molar-refractivity contribution in [3.8, 4) is 16.9 Å². The Morgan fingerprint density at radius 2 is 1.89 bits per heavy atom. The zero-order chi connectivity index (χ0) is 19.3. The van der Waals surface area contributed by atoms with Gasteiger partial charge in [-0.25, -0.2) is 9.36 Å². The smallest absolute Gasteiger partial charge is 0.292 e. The molecule has 0 radical (unpaired) electrons. The first-order chi connectivity index (χ1) is 12.8. The van der Waals surface area contributed by atoms with E-state index in [4.69, 9.17) is 0 Å². The van der Waals surface area contributed by atoms with Crippen LogP contribution in [0.15, 0.2) is 50.7 Å². The van der Waals surface area contributed by atoms with Crippen molar-refractivity contribution in [3.05, 3.63) is 67.6 Å². The summed E-state index contributed by atoms with van der Waals surface area (Å²) in [5.41, 5.74) is -1.59. The van der Waals surface area contributed by atoms with E-state index in [1.807, 2.05) is 16.8 Å². The zero-order valence-corrected chi connectivity index (χ0v) is 15.3. The summed E-state index contributed by atoms with van der Waals surface area (Å²) in [6, 6.07) is 7.14. The molecular weight excluding hydrogens is 399 g/mol. The molecule has 0 atom stereocenters. The van der Waals surface area contributed by atoms with E-state index in [9.17, 15) is 22.8 Å². The minimum atomic E-state index is -4.79. The fraction of sp³-hybridized carbons (Fsp3) is 0.118. The fourth-order valence-corrected chi connectivity index (χ4v) is 4.23. The lowest BCUT2D eigenvalue weighted by atomic mass is 10.1. The van der Waals surface area contributed by atoms with Crippen LogP contribution in [0.4, 0.5) is 13.2 Å². The van der Waals surface area contributed by atoms with Crippen LogP contribution in [-0.2, 0) is 13.2 Å². The van der Waals surface area contributed by atoms with Gasteiger partial charge in [-0.15, -0.1) is 0 Å². The largest absolute Gasteiger partial charge is 0.431 e. The van der Waals surface area contributed by atoms with E-state index in [0.29, 0.717) is 16.3 Å². The van der Waals surface area contributed by atoms with E-state index in [0.717, 1.165) is 27.3 Å². The Hall–Kier alpha value is -2.72. The molecule has 27 heavy (non-hydrogen) atoms. The maximum Gasteiger partial charge on any atom is 0.431 e. The Morgan fingerprint density at radius 3 is 2.56 bits per heavy atom. The predicted octanol–water partition coefficient (Wildman–Crippen LogP) is 3.89. The minimum absolute atomic E-state index is 0.193. The number of aromatic nitrogens is 3. The summed E-state index contributed by atoms with van der Waals surface area (Å²) in [4.78, 5) is 24.7. The normalized spacial score (nSPS) is 12.0. The lowest BCUT2D eigenvalue weighted by molar-refractivity contribution is -0.144. The van der Waals surface area contributed by atoms with Gasteiger partial charge in [0.1, 0.15) is 5.69 Å². The van der Waals surface area contributed by atoms with Crippen LogP contribution in [-0.4, -0.2) is 13.5 Å². The number of benzene rings is 1. The number of fused-ring (bicyclic) bond motifs is 1. The first-order valence-electron chi connectivity index (χ1n) is 7.60. The number of hydrogen-bond acceptors (Lipinski definition) is 5. The van der Waals surface area contributed by atoms with E-state index in [1.54, 1.807) is 12.1 Å². The molecule has 3 aromatic heterocycles. The van der Waals surface area contributed by atoms with Crippen LogP contribution >= 0.6 is 22.9 Å². The first-order valence-corrected chi connectivity index (χ1v) is 9.31. The van der Waals surface area contributed by atoms with Gasteiger partial charge in [0, 0.05) is 29.4 Å². The molecule has 0 aliphatic rings. The molecule has 0 aliphatic heterocycles. The molecule has 4 rings (SSSR count). The lowest BCUT2D eigenvalue weighted by Crippen LogP contribution is -2.40. The van der Waals surface area contributed by atoms with E-state index in [-0.39, 0.29) is 5.69 Å². The van der Waals surface area contributed by atoms with Crippen LogP contribution in [0.2, 0.25) is 0 Å². The van der Waals surface area contributed by atoms with Crippen LogP contribution in [0.5, 0.6) is 0 Å². The molecule has 3 heterocycles. The van der Waals surface area contributed by atoms with Gasteiger partial charge in [-0.05, 0) is 41.2 Å². The van der Waals surface area contributed by atoms with Gasteiger partial charge in [-0.1, -0.05) is 0 Å². The SMILES string of the molecule is Cn1c(C(F)(F)F)cc(=O)n(-c2ccc3snc(-c4ccsc4)c3c2)c1=O. The summed E-state index contributed by atoms with van der Waals surface area (Å²) in [6.07, 6.45) is -4.79. The van der Waals surface area contributed by atoms with Gasteiger partial charge in [-0.3, -0.25) is 9.36 Å². The average molecular weight is 409 g/mol. The molecule has 4 aromatic rings. The highest BCUT2D eigenvalue weighted by Gasteiger charge is 2.35. The van der Waals surface area contributed by atoms with Crippen molar-refractivity contribution in [2.24, 2.45) is 7.05 Å². The van der Waals surface area contributed by atoms with Gasteiger partial charge >= 0.3 is 11.9 Å². The number of nitrogens with zero attached hydrogens (tertiary/aromatic N) is 3. The van der Waals surface area contributed by atoms with Crippen molar-refractivity contribution >= 4 is 33.0 Å². The molecule has 5 nitrogen and oxygen atoms in total. The molecule has 0 unspecified atom stereocenters. The maximum absolute atomic E-state index is 13.0. The molecular formula is C17H10F3N3O2S2. The Balaban J connectivity index is 1.96. The molecule has 138 valence electrons. The van der Waals surface area contributed by atoms with Crippen molar-refractivity contribution < 1.29 is 13.2 Å². The second-order valence-electron chi connectivity index (χ2n) is 5.77. The summed E-state index contributed by atoms with van der Waals surface area (Å²) in [5, 5.41) is 4.55. The summed E-state index contributed by atoms with van der Waals surface area (Å²) in [5.74, 6) is 0. The van der Waals surface area contributed by atoms with Gasteiger partial charge in [0.15, 0.2) is 0 Å². The highest BCUT2D eigenvalue weighted by atomic mass is 32.1. The van der Waals surface area contributed by atoms with Crippen LogP contribution in [0.25, 0.3) is 27.0 Å². The Morgan fingerprint density at radius 1 is 1.11 bits per heavy atom.